The van der Waals surface area contributed by atoms with Crippen molar-refractivity contribution in [2.45, 2.75) is 25.7 Å². The van der Waals surface area contributed by atoms with Crippen molar-refractivity contribution in [1.29, 1.82) is 0 Å². The van der Waals surface area contributed by atoms with Crippen molar-refractivity contribution in [1.82, 2.24) is 9.88 Å². The maximum absolute atomic E-state index is 13.9. The average Bonchev–Trinajstić information content (AvgIpc) is 2.58. The third-order valence-electron chi connectivity index (χ3n) is 2.49. The van der Waals surface area contributed by atoms with Crippen LogP contribution < -0.4 is 113 Å². The van der Waals surface area contributed by atoms with Crippen LogP contribution in [0.5, 0.6) is 0 Å². The number of thiazole rings is 1. The zero-order chi connectivity index (χ0) is 13.5. The van der Waals surface area contributed by atoms with Gasteiger partial charge < -0.3 is 14.7 Å². The molecule has 1 aromatic heterocycles. The van der Waals surface area contributed by atoms with Gasteiger partial charge >= 0.3 is 109 Å². The zero-order valence-corrected chi connectivity index (χ0v) is 18.3. The Morgan fingerprint density at radius 2 is 2.10 bits per heavy atom. The van der Waals surface area contributed by atoms with Crippen molar-refractivity contribution >= 4 is 18.7 Å². The third-order valence-corrected chi connectivity index (χ3v) is 3.56. The standard InChI is InChI=1S/C8H8BF3N2O3S.2K/c1-4-13-5-2-6(10)14(3-17-9(15)16)8(11,12)7(5)18-4;;/h6H,2-3H2,1H3;;/q-2;2*+1. The van der Waals surface area contributed by atoms with Gasteiger partial charge in [-0.2, -0.15) is 13.7 Å². The van der Waals surface area contributed by atoms with E-state index >= 15 is 0 Å². The molecule has 1 aliphatic rings. The minimum absolute atomic E-state index is 0. The predicted octanol–water partition coefficient (Wildman–Crippen LogP) is -6.66. The predicted molar refractivity (Wildman–Crippen MR) is 52.9 cm³/mol. The summed E-state index contributed by atoms with van der Waals surface area (Å²) in [5.74, 6) is 0. The second kappa shape index (κ2) is 9.18. The summed E-state index contributed by atoms with van der Waals surface area (Å²) in [4.78, 5) is 3.52. The van der Waals surface area contributed by atoms with Crippen molar-refractivity contribution < 1.29 is 131 Å². The van der Waals surface area contributed by atoms with Crippen LogP contribution in [0.4, 0.5) is 13.2 Å². The van der Waals surface area contributed by atoms with Crippen LogP contribution in [0.15, 0.2) is 0 Å². The Kier molecular flexibility index (Phi) is 10.4. The Morgan fingerprint density at radius 1 is 1.50 bits per heavy atom. The van der Waals surface area contributed by atoms with E-state index in [1.165, 1.54) is 0 Å². The number of halogens is 3. The fourth-order valence-electron chi connectivity index (χ4n) is 1.72. The molecule has 0 N–H and O–H groups in total. The van der Waals surface area contributed by atoms with Crippen LogP contribution in [0.2, 0.25) is 0 Å². The first kappa shape index (κ1) is 22.6. The molecule has 0 saturated heterocycles. The van der Waals surface area contributed by atoms with E-state index < -0.39 is 26.4 Å². The smallest absolute Gasteiger partial charge is 0.871 e. The number of hydrogen-bond acceptors (Lipinski definition) is 6. The summed E-state index contributed by atoms with van der Waals surface area (Å²) >= 11 is 0.756. The molecule has 2 heterocycles. The molecule has 1 unspecified atom stereocenters. The van der Waals surface area contributed by atoms with Crippen LogP contribution in [0, 0.1) is 6.92 Å². The first-order chi connectivity index (χ1) is 8.32. The Bertz CT molecular complexity index is 455. The van der Waals surface area contributed by atoms with Crippen molar-refractivity contribution in [2.24, 2.45) is 0 Å². The number of aryl methyl sites for hydroxylation is 1. The zero-order valence-electron chi connectivity index (χ0n) is 11.2. The molecule has 100 valence electrons. The summed E-state index contributed by atoms with van der Waals surface area (Å²) in [6.45, 7) is 0.487. The van der Waals surface area contributed by atoms with Gasteiger partial charge in [0.05, 0.1) is 24.8 Å². The molecule has 2 rings (SSSR count). The van der Waals surface area contributed by atoms with E-state index in [0.29, 0.717) is 5.01 Å². The minimum atomic E-state index is -3.63. The van der Waals surface area contributed by atoms with E-state index in [1.54, 1.807) is 6.92 Å². The summed E-state index contributed by atoms with van der Waals surface area (Å²) < 4.78 is 45.5. The summed E-state index contributed by atoms with van der Waals surface area (Å²) in [6.07, 6.45) is -2.37. The van der Waals surface area contributed by atoms with Crippen LogP contribution in [-0.4, -0.2) is 30.2 Å². The van der Waals surface area contributed by atoms with Crippen LogP contribution in [0.1, 0.15) is 15.6 Å². The normalized spacial score (nSPS) is 20.6. The van der Waals surface area contributed by atoms with Crippen molar-refractivity contribution in [3.8, 4) is 0 Å². The van der Waals surface area contributed by atoms with E-state index in [4.69, 9.17) is 0 Å². The molecule has 1 aliphatic heterocycles. The maximum Gasteiger partial charge on any atom is 1.00 e. The maximum atomic E-state index is 13.9. The quantitative estimate of drug-likeness (QED) is 0.397. The molecule has 1 atom stereocenters. The van der Waals surface area contributed by atoms with Crippen molar-refractivity contribution in [3.63, 3.8) is 0 Å². The van der Waals surface area contributed by atoms with E-state index in [-0.39, 0.29) is 125 Å². The van der Waals surface area contributed by atoms with Gasteiger partial charge in [0.2, 0.25) is 0 Å². The van der Waals surface area contributed by atoms with E-state index in [1.807, 2.05) is 0 Å². The molecule has 0 bridgehead atoms. The molecule has 0 aliphatic carbocycles. The first-order valence-corrected chi connectivity index (χ1v) is 5.82. The van der Waals surface area contributed by atoms with Crippen LogP contribution in [0.3, 0.4) is 0 Å². The Balaban J connectivity index is 0.00000180. The molecule has 0 radical (unpaired) electrons. The largest absolute Gasteiger partial charge is 1.00 e. The van der Waals surface area contributed by atoms with Gasteiger partial charge in [0.1, 0.15) is 4.88 Å². The molecule has 5 nitrogen and oxygen atoms in total. The molecule has 1 aromatic rings. The van der Waals surface area contributed by atoms with Gasteiger partial charge in [-0.05, 0) is 6.92 Å². The average molecular weight is 358 g/mol. The Morgan fingerprint density at radius 3 is 2.65 bits per heavy atom. The fourth-order valence-corrected chi connectivity index (χ4v) is 2.66. The molecule has 0 saturated carbocycles. The summed E-state index contributed by atoms with van der Waals surface area (Å²) in [7, 11) is -2.72. The molecule has 20 heavy (non-hydrogen) atoms. The number of alkyl halides is 3. The Labute approximate surface area is 203 Å². The fraction of sp³-hybridized carbons (Fsp3) is 0.625. The van der Waals surface area contributed by atoms with Crippen LogP contribution >= 0.6 is 11.3 Å². The van der Waals surface area contributed by atoms with Gasteiger partial charge in [0.25, 0.3) is 0 Å². The molecular formula is C8H8BF3K2N2O3S. The topological polar surface area (TPSA) is 71.5 Å². The molecule has 0 aromatic carbocycles. The molecule has 12 heteroatoms. The minimum Gasteiger partial charge on any atom is -0.871 e. The van der Waals surface area contributed by atoms with Gasteiger partial charge in [0, 0.05) is 6.42 Å². The Hall–Kier alpha value is 2.60. The number of rotatable bonds is 3. The number of fused-ring (bicyclic) bond motifs is 1. The van der Waals surface area contributed by atoms with E-state index in [9.17, 15) is 23.2 Å². The van der Waals surface area contributed by atoms with Gasteiger partial charge in [-0.15, -0.1) is 11.3 Å². The van der Waals surface area contributed by atoms with Crippen molar-refractivity contribution in [3.05, 3.63) is 15.6 Å². The first-order valence-electron chi connectivity index (χ1n) is 5.01. The third kappa shape index (κ3) is 5.05. The molecular weight excluding hydrogens is 350 g/mol. The van der Waals surface area contributed by atoms with Gasteiger partial charge in [-0.1, -0.05) is 0 Å². The van der Waals surface area contributed by atoms with Crippen LogP contribution in [-0.2, 0) is 17.1 Å². The summed E-state index contributed by atoms with van der Waals surface area (Å²) in [6, 6.07) is -3.63. The summed E-state index contributed by atoms with van der Waals surface area (Å²) in [5, 5.41) is 20.7. The van der Waals surface area contributed by atoms with Gasteiger partial charge in [0.15, 0.2) is 6.30 Å². The number of nitrogens with zero attached hydrogens (tertiary/aromatic N) is 2. The summed E-state index contributed by atoms with van der Waals surface area (Å²) in [5.41, 5.74) is 0.00652. The molecule has 0 fully saturated rings. The van der Waals surface area contributed by atoms with E-state index in [2.05, 4.69) is 9.64 Å². The van der Waals surface area contributed by atoms with Crippen LogP contribution in [0.25, 0.3) is 0 Å². The number of hydrogen-bond donors (Lipinski definition) is 0. The SMILES string of the molecule is Cc1nc2c(s1)C(F)(F)N(COB([O-])[O-])C(F)C2.[K+].[K+]. The second-order valence-corrected chi connectivity index (χ2v) is 4.95. The molecule has 0 amide bonds. The van der Waals surface area contributed by atoms with Gasteiger partial charge in [-0.3, -0.25) is 0 Å². The number of aromatic nitrogens is 1. The van der Waals surface area contributed by atoms with Gasteiger partial charge in [-0.25, -0.2) is 9.37 Å². The van der Waals surface area contributed by atoms with E-state index in [0.717, 1.165) is 11.3 Å². The monoisotopic (exact) mass is 358 g/mol. The second-order valence-electron chi connectivity index (χ2n) is 3.74. The molecule has 0 spiro atoms. The van der Waals surface area contributed by atoms with Crippen molar-refractivity contribution in [2.75, 3.05) is 6.73 Å².